The van der Waals surface area contributed by atoms with Crippen LogP contribution >= 0.6 is 11.3 Å². The fourth-order valence-electron chi connectivity index (χ4n) is 1.63. The van der Waals surface area contributed by atoms with E-state index >= 15 is 0 Å². The Labute approximate surface area is 117 Å². The van der Waals surface area contributed by atoms with Crippen LogP contribution in [0.3, 0.4) is 0 Å². The molecule has 2 rings (SSSR count). The van der Waals surface area contributed by atoms with Crippen LogP contribution in [-0.4, -0.2) is 29.3 Å². The Bertz CT molecular complexity index is 448. The van der Waals surface area contributed by atoms with Gasteiger partial charge >= 0.3 is 0 Å². The molecule has 19 heavy (non-hydrogen) atoms. The highest BCUT2D eigenvalue weighted by atomic mass is 32.1. The molecule has 0 saturated heterocycles. The lowest BCUT2D eigenvalue weighted by molar-refractivity contribution is 0.0297. The standard InChI is InChI=1S/C14H18N2O2S/c17-13(10-18-11-14-4-2-6-19-14)9-16-8-12-3-1-5-15-7-12/h1-7,13,16-17H,8-11H2. The van der Waals surface area contributed by atoms with E-state index in [-0.39, 0.29) is 0 Å². The van der Waals surface area contributed by atoms with Crippen LogP contribution < -0.4 is 5.32 Å². The van der Waals surface area contributed by atoms with Crippen molar-refractivity contribution in [3.63, 3.8) is 0 Å². The van der Waals surface area contributed by atoms with Crippen LogP contribution in [0.1, 0.15) is 10.4 Å². The lowest BCUT2D eigenvalue weighted by atomic mass is 10.3. The predicted molar refractivity (Wildman–Crippen MR) is 75.9 cm³/mol. The molecule has 1 atom stereocenters. The summed E-state index contributed by atoms with van der Waals surface area (Å²) in [5.74, 6) is 0. The zero-order chi connectivity index (χ0) is 13.3. The van der Waals surface area contributed by atoms with E-state index in [2.05, 4.69) is 10.3 Å². The summed E-state index contributed by atoms with van der Waals surface area (Å²) in [6.07, 6.45) is 3.07. The van der Waals surface area contributed by atoms with Crippen molar-refractivity contribution in [3.05, 3.63) is 52.5 Å². The maximum absolute atomic E-state index is 9.76. The van der Waals surface area contributed by atoms with Crippen LogP contribution in [0.15, 0.2) is 42.0 Å². The van der Waals surface area contributed by atoms with Crippen molar-refractivity contribution in [1.82, 2.24) is 10.3 Å². The summed E-state index contributed by atoms with van der Waals surface area (Å²) in [7, 11) is 0. The molecule has 102 valence electrons. The Kier molecular flexibility index (Phi) is 5.97. The van der Waals surface area contributed by atoms with Crippen molar-refractivity contribution in [2.24, 2.45) is 0 Å². The van der Waals surface area contributed by atoms with Crippen molar-refractivity contribution < 1.29 is 9.84 Å². The summed E-state index contributed by atoms with van der Waals surface area (Å²) in [4.78, 5) is 5.21. The summed E-state index contributed by atoms with van der Waals surface area (Å²) in [5, 5.41) is 15.0. The smallest absolute Gasteiger partial charge is 0.0897 e. The summed E-state index contributed by atoms with van der Waals surface area (Å²) < 4.78 is 5.45. The third-order valence-corrected chi connectivity index (χ3v) is 3.42. The van der Waals surface area contributed by atoms with Crippen molar-refractivity contribution in [2.75, 3.05) is 13.2 Å². The van der Waals surface area contributed by atoms with Gasteiger partial charge in [0.25, 0.3) is 0 Å². The maximum atomic E-state index is 9.76. The minimum Gasteiger partial charge on any atom is -0.389 e. The molecule has 0 saturated carbocycles. The topological polar surface area (TPSA) is 54.4 Å². The molecule has 0 aliphatic rings. The summed E-state index contributed by atoms with van der Waals surface area (Å²) in [6, 6.07) is 7.92. The molecule has 2 heterocycles. The van der Waals surface area contributed by atoms with Gasteiger partial charge in [0.05, 0.1) is 19.3 Å². The second-order valence-corrected chi connectivity index (χ2v) is 5.27. The van der Waals surface area contributed by atoms with Crippen molar-refractivity contribution >= 4 is 11.3 Å². The average Bonchev–Trinajstić information content (AvgIpc) is 2.93. The van der Waals surface area contributed by atoms with Gasteiger partial charge in [-0.05, 0) is 23.1 Å². The van der Waals surface area contributed by atoms with Crippen LogP contribution in [0.4, 0.5) is 0 Å². The molecule has 0 aliphatic heterocycles. The molecular formula is C14H18N2O2S. The van der Waals surface area contributed by atoms with E-state index in [1.54, 1.807) is 17.5 Å². The fraction of sp³-hybridized carbons (Fsp3) is 0.357. The SMILES string of the molecule is OC(CNCc1cccnc1)COCc1cccs1. The number of rotatable bonds is 8. The Hall–Kier alpha value is -1.27. The van der Waals surface area contributed by atoms with E-state index in [9.17, 15) is 5.11 Å². The quantitative estimate of drug-likeness (QED) is 0.773. The number of ether oxygens (including phenoxy) is 1. The average molecular weight is 278 g/mol. The number of thiophene rings is 1. The zero-order valence-electron chi connectivity index (χ0n) is 10.7. The van der Waals surface area contributed by atoms with Crippen LogP contribution in [0.25, 0.3) is 0 Å². The Balaban J connectivity index is 1.56. The van der Waals surface area contributed by atoms with Gasteiger partial charge in [0.15, 0.2) is 0 Å². The third kappa shape index (κ3) is 5.48. The largest absolute Gasteiger partial charge is 0.389 e. The number of aliphatic hydroxyl groups excluding tert-OH is 1. The predicted octanol–water partition coefficient (Wildman–Crippen LogP) is 1.81. The number of hydrogen-bond donors (Lipinski definition) is 2. The molecule has 5 heteroatoms. The fourth-order valence-corrected chi connectivity index (χ4v) is 2.28. The van der Waals surface area contributed by atoms with Crippen LogP contribution in [-0.2, 0) is 17.9 Å². The highest BCUT2D eigenvalue weighted by Gasteiger charge is 2.04. The zero-order valence-corrected chi connectivity index (χ0v) is 11.5. The van der Waals surface area contributed by atoms with Crippen molar-refractivity contribution in [2.45, 2.75) is 19.3 Å². The van der Waals surface area contributed by atoms with Gasteiger partial charge < -0.3 is 15.2 Å². The van der Waals surface area contributed by atoms with E-state index in [1.807, 2.05) is 35.8 Å². The second-order valence-electron chi connectivity index (χ2n) is 4.24. The lowest BCUT2D eigenvalue weighted by Gasteiger charge is -2.12. The van der Waals surface area contributed by atoms with Gasteiger partial charge in [-0.2, -0.15) is 0 Å². The van der Waals surface area contributed by atoms with Crippen LogP contribution in [0, 0.1) is 0 Å². The van der Waals surface area contributed by atoms with Gasteiger partial charge in [0.1, 0.15) is 0 Å². The third-order valence-electron chi connectivity index (χ3n) is 2.57. The molecule has 0 aromatic carbocycles. The molecule has 0 bridgehead atoms. The van der Waals surface area contributed by atoms with Gasteiger partial charge in [-0.1, -0.05) is 12.1 Å². The molecule has 0 aliphatic carbocycles. The molecule has 2 aromatic heterocycles. The molecule has 1 unspecified atom stereocenters. The molecule has 2 aromatic rings. The summed E-state index contributed by atoms with van der Waals surface area (Å²) in [5.41, 5.74) is 1.11. The van der Waals surface area contributed by atoms with E-state index in [0.717, 1.165) is 5.56 Å². The molecule has 2 N–H and O–H groups in total. The molecule has 0 amide bonds. The van der Waals surface area contributed by atoms with Gasteiger partial charge in [0, 0.05) is 30.4 Å². The van der Waals surface area contributed by atoms with Crippen LogP contribution in [0.2, 0.25) is 0 Å². The number of hydrogen-bond acceptors (Lipinski definition) is 5. The lowest BCUT2D eigenvalue weighted by Crippen LogP contribution is -2.30. The van der Waals surface area contributed by atoms with Gasteiger partial charge in [0.2, 0.25) is 0 Å². The normalized spacial score (nSPS) is 12.5. The Morgan fingerprint density at radius 2 is 2.32 bits per heavy atom. The maximum Gasteiger partial charge on any atom is 0.0897 e. The van der Waals surface area contributed by atoms with E-state index in [1.165, 1.54) is 4.88 Å². The van der Waals surface area contributed by atoms with Gasteiger partial charge in [-0.3, -0.25) is 4.98 Å². The van der Waals surface area contributed by atoms with Crippen LogP contribution in [0.5, 0.6) is 0 Å². The van der Waals surface area contributed by atoms with E-state index in [0.29, 0.717) is 26.3 Å². The monoisotopic (exact) mass is 278 g/mol. The first-order valence-electron chi connectivity index (χ1n) is 6.22. The van der Waals surface area contributed by atoms with Gasteiger partial charge in [-0.25, -0.2) is 0 Å². The minimum atomic E-state index is -0.489. The van der Waals surface area contributed by atoms with Gasteiger partial charge in [-0.15, -0.1) is 11.3 Å². The molecule has 4 nitrogen and oxygen atoms in total. The number of nitrogens with one attached hydrogen (secondary N) is 1. The second kappa shape index (κ2) is 8.01. The van der Waals surface area contributed by atoms with E-state index in [4.69, 9.17) is 4.74 Å². The number of aliphatic hydroxyl groups is 1. The molecular weight excluding hydrogens is 260 g/mol. The first-order chi connectivity index (χ1) is 9.34. The number of aromatic nitrogens is 1. The highest BCUT2D eigenvalue weighted by molar-refractivity contribution is 7.09. The van der Waals surface area contributed by atoms with Crippen molar-refractivity contribution in [1.29, 1.82) is 0 Å². The minimum absolute atomic E-state index is 0.345. The highest BCUT2D eigenvalue weighted by Crippen LogP contribution is 2.09. The molecule has 0 radical (unpaired) electrons. The molecule has 0 spiro atoms. The summed E-state index contributed by atoms with van der Waals surface area (Å²) >= 11 is 1.66. The first kappa shape index (κ1) is 14.1. The Morgan fingerprint density at radius 1 is 1.37 bits per heavy atom. The Morgan fingerprint density at radius 3 is 3.05 bits per heavy atom. The number of nitrogens with zero attached hydrogens (tertiary/aromatic N) is 1. The van der Waals surface area contributed by atoms with E-state index < -0.39 is 6.10 Å². The number of pyridine rings is 1. The first-order valence-corrected chi connectivity index (χ1v) is 7.10. The molecule has 0 fully saturated rings. The summed E-state index contributed by atoms with van der Waals surface area (Å²) in [6.45, 7) is 2.13. The van der Waals surface area contributed by atoms with Crippen molar-refractivity contribution in [3.8, 4) is 0 Å².